The molecule has 0 unspecified atom stereocenters. The van der Waals surface area contributed by atoms with Crippen LogP contribution in [0.4, 0.5) is 0 Å². The van der Waals surface area contributed by atoms with Crippen molar-refractivity contribution >= 4 is 22.6 Å². The van der Waals surface area contributed by atoms with E-state index in [1.54, 1.807) is 0 Å². The van der Waals surface area contributed by atoms with Gasteiger partial charge in [0.2, 0.25) is 0 Å². The first kappa shape index (κ1) is 10.5. The van der Waals surface area contributed by atoms with Crippen LogP contribution in [0.25, 0.3) is 11.0 Å². The molecule has 0 fully saturated rings. The minimum atomic E-state index is 0.735. The Bertz CT molecular complexity index is 448. The number of para-hydroxylation sites is 1. The van der Waals surface area contributed by atoms with E-state index in [9.17, 15) is 0 Å². The minimum Gasteiger partial charge on any atom is -0.342 e. The quantitative estimate of drug-likeness (QED) is 0.623. The highest BCUT2D eigenvalue weighted by molar-refractivity contribution is 6.17. The molecule has 0 bridgehead atoms. The van der Waals surface area contributed by atoms with Crippen molar-refractivity contribution in [3.63, 3.8) is 0 Å². The summed E-state index contributed by atoms with van der Waals surface area (Å²) in [6.07, 6.45) is 3.14. The van der Waals surface area contributed by atoms with Crippen LogP contribution >= 0.6 is 11.6 Å². The molecule has 0 aliphatic rings. The van der Waals surface area contributed by atoms with Gasteiger partial charge in [-0.25, -0.2) is 4.98 Å². The van der Waals surface area contributed by atoms with Crippen molar-refractivity contribution < 1.29 is 0 Å². The van der Waals surface area contributed by atoms with E-state index in [-0.39, 0.29) is 0 Å². The molecule has 2 nitrogen and oxygen atoms in total. The van der Waals surface area contributed by atoms with Gasteiger partial charge in [0.15, 0.2) is 0 Å². The van der Waals surface area contributed by atoms with Crippen LogP contribution in [0.5, 0.6) is 0 Å². The van der Waals surface area contributed by atoms with Gasteiger partial charge in [0.1, 0.15) is 5.82 Å². The van der Waals surface area contributed by atoms with Gasteiger partial charge >= 0.3 is 0 Å². The molecule has 0 saturated heterocycles. The molecule has 0 aliphatic carbocycles. The second kappa shape index (κ2) is 4.67. The lowest BCUT2D eigenvalue weighted by Gasteiger charge is -1.93. The summed E-state index contributed by atoms with van der Waals surface area (Å²) < 4.78 is 0. The molecule has 2 rings (SSSR count). The van der Waals surface area contributed by atoms with Crippen LogP contribution in [0.2, 0.25) is 0 Å². The fourth-order valence-electron chi connectivity index (χ4n) is 1.73. The van der Waals surface area contributed by atoms with Crippen LogP contribution < -0.4 is 0 Å². The Kier molecular flexibility index (Phi) is 3.27. The second-order valence-corrected chi connectivity index (χ2v) is 4.18. The van der Waals surface area contributed by atoms with E-state index in [1.807, 2.05) is 0 Å². The molecule has 0 amide bonds. The summed E-state index contributed by atoms with van der Waals surface area (Å²) in [5.74, 6) is 1.81. The number of fused-ring (bicyclic) bond motifs is 1. The average molecular weight is 223 g/mol. The number of imidazole rings is 1. The number of benzene rings is 1. The summed E-state index contributed by atoms with van der Waals surface area (Å²) >= 11 is 5.64. The Labute approximate surface area is 94.7 Å². The minimum absolute atomic E-state index is 0.735. The maximum atomic E-state index is 5.64. The number of unbranched alkanes of at least 4 members (excludes halogenated alkanes) is 1. The number of nitrogens with one attached hydrogen (secondary N) is 1. The number of rotatable bonds is 4. The van der Waals surface area contributed by atoms with Gasteiger partial charge in [-0.05, 0) is 31.4 Å². The highest BCUT2D eigenvalue weighted by Gasteiger charge is 2.03. The topological polar surface area (TPSA) is 28.7 Å². The first-order valence-corrected chi connectivity index (χ1v) is 5.85. The van der Waals surface area contributed by atoms with Crippen molar-refractivity contribution in [3.8, 4) is 0 Å². The number of H-pyrrole nitrogens is 1. The SMILES string of the molecule is Cc1cccc2[nH]c(CCCCCl)nc12. The zero-order valence-electron chi connectivity index (χ0n) is 8.89. The van der Waals surface area contributed by atoms with Crippen LogP contribution in [0.3, 0.4) is 0 Å². The molecule has 0 aliphatic heterocycles. The summed E-state index contributed by atoms with van der Waals surface area (Å²) in [5.41, 5.74) is 3.46. The maximum absolute atomic E-state index is 5.64. The van der Waals surface area contributed by atoms with Gasteiger partial charge in [-0.2, -0.15) is 0 Å². The molecule has 0 atom stereocenters. The molecular weight excluding hydrogens is 208 g/mol. The Morgan fingerprint density at radius 1 is 1.33 bits per heavy atom. The normalized spacial score (nSPS) is 11.1. The lowest BCUT2D eigenvalue weighted by molar-refractivity contribution is 0.769. The summed E-state index contributed by atoms with van der Waals surface area (Å²) in [7, 11) is 0. The van der Waals surface area contributed by atoms with Crippen molar-refractivity contribution in [3.05, 3.63) is 29.6 Å². The van der Waals surface area contributed by atoms with Crippen molar-refractivity contribution in [2.24, 2.45) is 0 Å². The molecule has 0 saturated carbocycles. The predicted octanol–water partition coefficient (Wildman–Crippen LogP) is 3.43. The van der Waals surface area contributed by atoms with Gasteiger partial charge in [-0.3, -0.25) is 0 Å². The highest BCUT2D eigenvalue weighted by Crippen LogP contribution is 2.16. The van der Waals surface area contributed by atoms with Gasteiger partial charge in [0, 0.05) is 12.3 Å². The third-order valence-electron chi connectivity index (χ3n) is 2.56. The molecule has 1 heterocycles. The van der Waals surface area contributed by atoms with E-state index < -0.39 is 0 Å². The Hall–Kier alpha value is -1.02. The summed E-state index contributed by atoms with van der Waals surface area (Å²) in [4.78, 5) is 7.93. The molecular formula is C12H15ClN2. The molecule has 80 valence electrons. The highest BCUT2D eigenvalue weighted by atomic mass is 35.5. The molecule has 15 heavy (non-hydrogen) atoms. The summed E-state index contributed by atoms with van der Waals surface area (Å²) in [6, 6.07) is 6.21. The number of nitrogens with zero attached hydrogens (tertiary/aromatic N) is 1. The van der Waals surface area contributed by atoms with E-state index in [1.165, 1.54) is 5.56 Å². The summed E-state index contributed by atoms with van der Waals surface area (Å²) in [6.45, 7) is 2.09. The van der Waals surface area contributed by atoms with Gasteiger partial charge < -0.3 is 4.98 Å². The zero-order valence-corrected chi connectivity index (χ0v) is 9.64. The van der Waals surface area contributed by atoms with Crippen molar-refractivity contribution in [2.45, 2.75) is 26.2 Å². The summed E-state index contributed by atoms with van der Waals surface area (Å²) in [5, 5.41) is 0. The molecule has 3 heteroatoms. The second-order valence-electron chi connectivity index (χ2n) is 3.80. The van der Waals surface area contributed by atoms with Crippen LogP contribution in [0.1, 0.15) is 24.2 Å². The van der Waals surface area contributed by atoms with Crippen molar-refractivity contribution in [2.75, 3.05) is 5.88 Å². The standard InChI is InChI=1S/C12H15ClN2/c1-9-5-4-6-10-12(9)15-11(14-10)7-2-3-8-13/h4-6H,2-3,7-8H2,1H3,(H,14,15). The molecule has 1 aromatic carbocycles. The number of aromatic nitrogens is 2. The van der Waals surface area contributed by atoms with Gasteiger partial charge in [-0.1, -0.05) is 12.1 Å². The van der Waals surface area contributed by atoms with E-state index in [0.717, 1.165) is 42.0 Å². The fourth-order valence-corrected chi connectivity index (χ4v) is 1.92. The van der Waals surface area contributed by atoms with Crippen LogP contribution in [0.15, 0.2) is 18.2 Å². The Morgan fingerprint density at radius 3 is 2.93 bits per heavy atom. The van der Waals surface area contributed by atoms with E-state index in [4.69, 9.17) is 11.6 Å². The van der Waals surface area contributed by atoms with Gasteiger partial charge in [0.05, 0.1) is 11.0 Å². The Balaban J connectivity index is 2.20. The number of aryl methyl sites for hydroxylation is 2. The Morgan fingerprint density at radius 2 is 2.20 bits per heavy atom. The van der Waals surface area contributed by atoms with Crippen molar-refractivity contribution in [1.82, 2.24) is 9.97 Å². The average Bonchev–Trinajstić information content (AvgIpc) is 2.63. The number of halogens is 1. The van der Waals surface area contributed by atoms with Crippen LogP contribution in [-0.2, 0) is 6.42 Å². The molecule has 2 aromatic rings. The number of hydrogen-bond acceptors (Lipinski definition) is 1. The zero-order chi connectivity index (χ0) is 10.7. The van der Waals surface area contributed by atoms with Crippen LogP contribution in [0, 0.1) is 6.92 Å². The van der Waals surface area contributed by atoms with E-state index >= 15 is 0 Å². The largest absolute Gasteiger partial charge is 0.342 e. The monoisotopic (exact) mass is 222 g/mol. The maximum Gasteiger partial charge on any atom is 0.107 e. The van der Waals surface area contributed by atoms with Crippen LogP contribution in [-0.4, -0.2) is 15.8 Å². The third kappa shape index (κ3) is 2.32. The van der Waals surface area contributed by atoms with E-state index in [2.05, 4.69) is 35.1 Å². The fraction of sp³-hybridized carbons (Fsp3) is 0.417. The van der Waals surface area contributed by atoms with Gasteiger partial charge in [0.25, 0.3) is 0 Å². The third-order valence-corrected chi connectivity index (χ3v) is 2.83. The molecule has 0 spiro atoms. The number of alkyl halides is 1. The number of hydrogen-bond donors (Lipinski definition) is 1. The van der Waals surface area contributed by atoms with Crippen molar-refractivity contribution in [1.29, 1.82) is 0 Å². The number of aromatic amines is 1. The lowest BCUT2D eigenvalue weighted by Crippen LogP contribution is -1.88. The first-order valence-electron chi connectivity index (χ1n) is 5.31. The molecule has 1 aromatic heterocycles. The van der Waals surface area contributed by atoms with E-state index in [0.29, 0.717) is 0 Å². The lowest BCUT2D eigenvalue weighted by atomic mass is 10.2. The van der Waals surface area contributed by atoms with Gasteiger partial charge in [-0.15, -0.1) is 11.6 Å². The molecule has 1 N–H and O–H groups in total. The predicted molar refractivity (Wildman–Crippen MR) is 64.5 cm³/mol. The first-order chi connectivity index (χ1) is 7.31. The molecule has 0 radical (unpaired) electrons. The smallest absolute Gasteiger partial charge is 0.107 e.